The quantitative estimate of drug-likeness (QED) is 0.727. The summed E-state index contributed by atoms with van der Waals surface area (Å²) in [5, 5.41) is 18.6. The first-order valence-electron chi connectivity index (χ1n) is 6.24. The topological polar surface area (TPSA) is 86.6 Å². The number of hydrogen-bond acceptors (Lipinski definition) is 4. The van der Waals surface area contributed by atoms with Crippen LogP contribution in [0.4, 0.5) is 4.39 Å². The van der Waals surface area contributed by atoms with Crippen LogP contribution in [0.2, 0.25) is 0 Å². The Kier molecular flexibility index (Phi) is 5.26. The molecule has 0 radical (unpaired) electrons. The molecule has 0 amide bonds. The predicted molar refractivity (Wildman–Crippen MR) is 73.4 cm³/mol. The Labute approximate surface area is 118 Å². The third-order valence-electron chi connectivity index (χ3n) is 3.33. The molecular weight excluding hydrogens is 285 g/mol. The lowest BCUT2D eigenvalue weighted by molar-refractivity contribution is 0.105. The zero-order chi connectivity index (χ0) is 15.6. The number of aryl methyl sites for hydroxylation is 2. The van der Waals surface area contributed by atoms with Gasteiger partial charge >= 0.3 is 0 Å². The average Bonchev–Trinajstić information content (AvgIpc) is 2.34. The molecule has 1 rings (SSSR count). The zero-order valence-corrected chi connectivity index (χ0v) is 12.6. The summed E-state index contributed by atoms with van der Waals surface area (Å²) in [6, 6.07) is 2.26. The van der Waals surface area contributed by atoms with Gasteiger partial charge in [-0.15, -0.1) is 0 Å². The summed E-state index contributed by atoms with van der Waals surface area (Å²) in [5.74, 6) is -0.509. The zero-order valence-electron chi connectivity index (χ0n) is 11.8. The Balaban J connectivity index is 3.32. The molecule has 0 saturated heterocycles. The Bertz CT molecular complexity index is 551. The molecule has 20 heavy (non-hydrogen) atoms. The number of aliphatic hydroxyl groups is 2. The molecule has 0 aromatic heterocycles. The number of sulfonamides is 1. The maximum atomic E-state index is 13.2. The predicted octanol–water partition coefficient (Wildman–Crippen LogP) is 0.854. The van der Waals surface area contributed by atoms with Gasteiger partial charge in [-0.05, 0) is 43.5 Å². The van der Waals surface area contributed by atoms with Gasteiger partial charge in [-0.25, -0.2) is 17.5 Å². The second-order valence-corrected chi connectivity index (χ2v) is 6.54. The lowest BCUT2D eigenvalue weighted by atomic mass is 10.0. The molecular formula is C13H20FNO4S. The van der Waals surface area contributed by atoms with Crippen molar-refractivity contribution in [1.29, 1.82) is 0 Å². The molecule has 5 nitrogen and oxygen atoms in total. The highest BCUT2D eigenvalue weighted by molar-refractivity contribution is 7.89. The van der Waals surface area contributed by atoms with Crippen molar-refractivity contribution in [1.82, 2.24) is 4.72 Å². The Morgan fingerprint density at radius 1 is 1.20 bits per heavy atom. The minimum atomic E-state index is -3.97. The number of benzene rings is 1. The Morgan fingerprint density at radius 3 is 2.00 bits per heavy atom. The van der Waals surface area contributed by atoms with Crippen LogP contribution < -0.4 is 4.72 Å². The van der Waals surface area contributed by atoms with E-state index in [-0.39, 0.29) is 22.4 Å². The largest absolute Gasteiger partial charge is 0.394 e. The molecule has 0 bridgehead atoms. The van der Waals surface area contributed by atoms with Gasteiger partial charge < -0.3 is 10.2 Å². The van der Waals surface area contributed by atoms with E-state index in [1.807, 2.05) is 0 Å². The van der Waals surface area contributed by atoms with Gasteiger partial charge in [0.15, 0.2) is 0 Å². The fraction of sp³-hybridized carbons (Fsp3) is 0.538. The molecule has 114 valence electrons. The van der Waals surface area contributed by atoms with E-state index in [9.17, 15) is 23.0 Å². The molecule has 0 saturated carbocycles. The molecule has 0 aliphatic heterocycles. The van der Waals surface area contributed by atoms with Crippen molar-refractivity contribution in [3.05, 3.63) is 29.1 Å². The van der Waals surface area contributed by atoms with E-state index >= 15 is 0 Å². The number of aliphatic hydroxyl groups excluding tert-OH is 2. The van der Waals surface area contributed by atoms with Gasteiger partial charge in [-0.1, -0.05) is 6.92 Å². The summed E-state index contributed by atoms with van der Waals surface area (Å²) < 4.78 is 40.4. The maximum absolute atomic E-state index is 13.2. The normalized spacial score (nSPS) is 12.7. The molecule has 1 aromatic carbocycles. The van der Waals surface area contributed by atoms with Crippen molar-refractivity contribution in [2.24, 2.45) is 0 Å². The lowest BCUT2D eigenvalue weighted by Crippen LogP contribution is -2.53. The van der Waals surface area contributed by atoms with E-state index in [4.69, 9.17) is 0 Å². The fourth-order valence-electron chi connectivity index (χ4n) is 2.07. The van der Waals surface area contributed by atoms with Gasteiger partial charge in [-0.3, -0.25) is 0 Å². The number of halogens is 1. The van der Waals surface area contributed by atoms with Gasteiger partial charge in [0, 0.05) is 0 Å². The summed E-state index contributed by atoms with van der Waals surface area (Å²) in [7, 11) is -3.97. The summed E-state index contributed by atoms with van der Waals surface area (Å²) in [6.45, 7) is 3.59. The SMILES string of the molecule is CCC(CO)(CO)NS(=O)(=O)c1c(C)cc(F)cc1C. The van der Waals surface area contributed by atoms with Gasteiger partial charge in [0.05, 0.1) is 23.6 Å². The first-order chi connectivity index (χ1) is 9.21. The second-order valence-electron chi connectivity index (χ2n) is 4.92. The van der Waals surface area contributed by atoms with Gasteiger partial charge in [0.25, 0.3) is 0 Å². The average molecular weight is 305 g/mol. The highest BCUT2D eigenvalue weighted by Gasteiger charge is 2.34. The molecule has 7 heteroatoms. The van der Waals surface area contributed by atoms with Crippen molar-refractivity contribution in [3.8, 4) is 0 Å². The standard InChI is InChI=1S/C13H20FNO4S/c1-4-13(7-16,8-17)15-20(18,19)12-9(2)5-11(14)6-10(12)3/h5-6,15-17H,4,7-8H2,1-3H3. The first-order valence-corrected chi connectivity index (χ1v) is 7.72. The minimum Gasteiger partial charge on any atom is -0.394 e. The molecule has 0 atom stereocenters. The molecule has 0 spiro atoms. The van der Waals surface area contributed by atoms with Crippen LogP contribution >= 0.6 is 0 Å². The van der Waals surface area contributed by atoms with Crippen molar-refractivity contribution < 1.29 is 23.0 Å². The molecule has 0 aliphatic carbocycles. The van der Waals surface area contributed by atoms with E-state index < -0.39 is 34.6 Å². The van der Waals surface area contributed by atoms with Crippen LogP contribution in [-0.4, -0.2) is 37.4 Å². The Morgan fingerprint density at radius 2 is 1.65 bits per heavy atom. The molecule has 3 N–H and O–H groups in total. The third-order valence-corrected chi connectivity index (χ3v) is 5.21. The van der Waals surface area contributed by atoms with Crippen LogP contribution in [0, 0.1) is 19.7 Å². The van der Waals surface area contributed by atoms with E-state index in [2.05, 4.69) is 4.72 Å². The molecule has 0 unspecified atom stereocenters. The summed E-state index contributed by atoms with van der Waals surface area (Å²) in [5.41, 5.74) is -0.779. The van der Waals surface area contributed by atoms with Crippen molar-refractivity contribution in [2.75, 3.05) is 13.2 Å². The van der Waals surface area contributed by atoms with Crippen LogP contribution in [0.1, 0.15) is 24.5 Å². The van der Waals surface area contributed by atoms with Gasteiger partial charge in [0.2, 0.25) is 10.0 Å². The molecule has 0 fully saturated rings. The molecule has 0 aliphatic rings. The van der Waals surface area contributed by atoms with Crippen LogP contribution in [0.3, 0.4) is 0 Å². The van der Waals surface area contributed by atoms with Crippen molar-refractivity contribution in [2.45, 2.75) is 37.6 Å². The summed E-state index contributed by atoms with van der Waals surface area (Å²) >= 11 is 0. The third kappa shape index (κ3) is 3.35. The number of hydrogen-bond donors (Lipinski definition) is 3. The first kappa shape index (κ1) is 17.0. The number of nitrogens with one attached hydrogen (secondary N) is 1. The van der Waals surface area contributed by atoms with E-state index in [0.29, 0.717) is 0 Å². The Hall–Kier alpha value is -1.02. The summed E-state index contributed by atoms with van der Waals surface area (Å²) in [4.78, 5) is -0.0291. The van der Waals surface area contributed by atoms with Crippen LogP contribution in [-0.2, 0) is 10.0 Å². The highest BCUT2D eigenvalue weighted by Crippen LogP contribution is 2.23. The fourth-order valence-corrected chi connectivity index (χ4v) is 3.98. The smallest absolute Gasteiger partial charge is 0.241 e. The monoisotopic (exact) mass is 305 g/mol. The van der Waals surface area contributed by atoms with Gasteiger partial charge in [-0.2, -0.15) is 0 Å². The van der Waals surface area contributed by atoms with E-state index in [1.165, 1.54) is 13.8 Å². The second kappa shape index (κ2) is 6.17. The van der Waals surface area contributed by atoms with E-state index in [0.717, 1.165) is 12.1 Å². The van der Waals surface area contributed by atoms with Crippen LogP contribution in [0.25, 0.3) is 0 Å². The molecule has 0 heterocycles. The van der Waals surface area contributed by atoms with Crippen LogP contribution in [0.15, 0.2) is 17.0 Å². The van der Waals surface area contributed by atoms with Gasteiger partial charge in [0.1, 0.15) is 5.82 Å². The lowest BCUT2D eigenvalue weighted by Gasteiger charge is -2.29. The minimum absolute atomic E-state index is 0.0291. The number of rotatable bonds is 6. The highest BCUT2D eigenvalue weighted by atomic mass is 32.2. The summed E-state index contributed by atoms with van der Waals surface area (Å²) in [6.07, 6.45) is 0.221. The van der Waals surface area contributed by atoms with Crippen LogP contribution in [0.5, 0.6) is 0 Å². The van der Waals surface area contributed by atoms with Crippen molar-refractivity contribution >= 4 is 10.0 Å². The maximum Gasteiger partial charge on any atom is 0.241 e. The van der Waals surface area contributed by atoms with E-state index in [1.54, 1.807) is 6.92 Å². The molecule has 1 aromatic rings. The van der Waals surface area contributed by atoms with Crippen molar-refractivity contribution in [3.63, 3.8) is 0 Å².